The second kappa shape index (κ2) is 6.85. The third-order valence-electron chi connectivity index (χ3n) is 4.12. The molecule has 0 saturated heterocycles. The number of nitrogens with zero attached hydrogens (tertiary/aromatic N) is 2. The molecule has 4 rings (SSSR count). The van der Waals surface area contributed by atoms with Crippen molar-refractivity contribution in [2.24, 2.45) is 0 Å². The minimum Gasteiger partial charge on any atom is -0.508 e. The SMILES string of the molecule is Cc1c(C(=O)Nc2cnc(-c3cccc(O)c3)nc2)oc2ccc(Br)cc12. The zero-order valence-corrected chi connectivity index (χ0v) is 15.8. The number of fused-ring (bicyclic) bond motifs is 1. The van der Waals surface area contributed by atoms with Gasteiger partial charge in [0.15, 0.2) is 11.6 Å². The third kappa shape index (κ3) is 3.41. The fraction of sp³-hybridized carbons (Fsp3) is 0.0500. The average Bonchev–Trinajstić information content (AvgIpc) is 2.99. The highest BCUT2D eigenvalue weighted by molar-refractivity contribution is 9.10. The summed E-state index contributed by atoms with van der Waals surface area (Å²) >= 11 is 3.42. The zero-order chi connectivity index (χ0) is 19.0. The van der Waals surface area contributed by atoms with Crippen LogP contribution in [-0.2, 0) is 0 Å². The van der Waals surface area contributed by atoms with Crippen LogP contribution in [0.1, 0.15) is 16.1 Å². The van der Waals surface area contributed by atoms with Crippen LogP contribution >= 0.6 is 15.9 Å². The Morgan fingerprint density at radius 3 is 2.67 bits per heavy atom. The lowest BCUT2D eigenvalue weighted by atomic mass is 10.1. The summed E-state index contributed by atoms with van der Waals surface area (Å²) in [7, 11) is 0. The summed E-state index contributed by atoms with van der Waals surface area (Å²) in [5.41, 5.74) is 2.55. The van der Waals surface area contributed by atoms with E-state index in [0.29, 0.717) is 22.7 Å². The van der Waals surface area contributed by atoms with Gasteiger partial charge in [0.1, 0.15) is 11.3 Å². The first-order valence-electron chi connectivity index (χ1n) is 8.13. The van der Waals surface area contributed by atoms with Gasteiger partial charge in [-0.25, -0.2) is 9.97 Å². The molecule has 27 heavy (non-hydrogen) atoms. The van der Waals surface area contributed by atoms with Crippen molar-refractivity contribution in [3.05, 3.63) is 70.7 Å². The first-order chi connectivity index (χ1) is 13.0. The number of halogens is 1. The molecule has 0 radical (unpaired) electrons. The molecule has 0 aliphatic heterocycles. The molecule has 7 heteroatoms. The highest BCUT2D eigenvalue weighted by atomic mass is 79.9. The molecule has 4 aromatic rings. The predicted octanol–water partition coefficient (Wildman–Crippen LogP) is 4.92. The van der Waals surface area contributed by atoms with Crippen LogP contribution in [-0.4, -0.2) is 21.0 Å². The smallest absolute Gasteiger partial charge is 0.291 e. The van der Waals surface area contributed by atoms with Gasteiger partial charge in [-0.2, -0.15) is 0 Å². The number of phenolic OH excluding ortho intramolecular Hbond substituents is 1. The number of carbonyl (C=O) groups excluding carboxylic acids is 1. The van der Waals surface area contributed by atoms with E-state index in [1.54, 1.807) is 24.3 Å². The van der Waals surface area contributed by atoms with Crippen molar-refractivity contribution in [3.8, 4) is 17.1 Å². The number of furan rings is 1. The van der Waals surface area contributed by atoms with Crippen molar-refractivity contribution in [1.82, 2.24) is 9.97 Å². The molecule has 0 saturated carbocycles. The highest BCUT2D eigenvalue weighted by Crippen LogP contribution is 2.28. The van der Waals surface area contributed by atoms with Gasteiger partial charge in [0.2, 0.25) is 0 Å². The summed E-state index contributed by atoms with van der Waals surface area (Å²) < 4.78 is 6.61. The summed E-state index contributed by atoms with van der Waals surface area (Å²) in [4.78, 5) is 21.1. The normalized spacial score (nSPS) is 10.9. The Morgan fingerprint density at radius 2 is 1.93 bits per heavy atom. The fourth-order valence-electron chi connectivity index (χ4n) is 2.78. The molecule has 0 aliphatic carbocycles. The quantitative estimate of drug-likeness (QED) is 0.488. The number of aryl methyl sites for hydroxylation is 1. The minimum absolute atomic E-state index is 0.139. The third-order valence-corrected chi connectivity index (χ3v) is 4.61. The van der Waals surface area contributed by atoms with Crippen LogP contribution in [0.5, 0.6) is 5.75 Å². The van der Waals surface area contributed by atoms with E-state index in [2.05, 4.69) is 31.2 Å². The first-order valence-corrected chi connectivity index (χ1v) is 8.92. The molecule has 0 fully saturated rings. The molecule has 134 valence electrons. The van der Waals surface area contributed by atoms with Crippen molar-refractivity contribution in [1.29, 1.82) is 0 Å². The van der Waals surface area contributed by atoms with Gasteiger partial charge in [-0.3, -0.25) is 4.79 Å². The number of phenols is 1. The van der Waals surface area contributed by atoms with E-state index >= 15 is 0 Å². The lowest BCUT2D eigenvalue weighted by Gasteiger charge is -2.05. The summed E-state index contributed by atoms with van der Waals surface area (Å²) in [5, 5.41) is 13.2. The molecule has 2 N–H and O–H groups in total. The summed E-state index contributed by atoms with van der Waals surface area (Å²) in [6.07, 6.45) is 3.03. The van der Waals surface area contributed by atoms with Crippen LogP contribution in [0, 0.1) is 6.92 Å². The molecule has 0 spiro atoms. The number of hydrogen-bond acceptors (Lipinski definition) is 5. The average molecular weight is 424 g/mol. The molecule has 2 heterocycles. The maximum Gasteiger partial charge on any atom is 0.291 e. The van der Waals surface area contributed by atoms with Gasteiger partial charge < -0.3 is 14.8 Å². The maximum absolute atomic E-state index is 12.6. The molecule has 2 aromatic heterocycles. The summed E-state index contributed by atoms with van der Waals surface area (Å²) in [6, 6.07) is 12.3. The second-order valence-electron chi connectivity index (χ2n) is 6.00. The van der Waals surface area contributed by atoms with Gasteiger partial charge in [0, 0.05) is 21.0 Å². The first kappa shape index (κ1) is 17.2. The summed E-state index contributed by atoms with van der Waals surface area (Å²) in [6.45, 7) is 1.84. The number of anilines is 1. The van der Waals surface area contributed by atoms with Crippen molar-refractivity contribution >= 4 is 38.5 Å². The van der Waals surface area contributed by atoms with E-state index < -0.39 is 0 Å². The number of amides is 1. The number of aromatic hydroxyl groups is 1. The van der Waals surface area contributed by atoms with Crippen LogP contribution < -0.4 is 5.32 Å². The molecule has 0 unspecified atom stereocenters. The van der Waals surface area contributed by atoms with Gasteiger partial charge in [-0.1, -0.05) is 28.1 Å². The van der Waals surface area contributed by atoms with Crippen molar-refractivity contribution < 1.29 is 14.3 Å². The van der Waals surface area contributed by atoms with Gasteiger partial charge in [-0.05, 0) is 37.3 Å². The van der Waals surface area contributed by atoms with Gasteiger partial charge >= 0.3 is 0 Å². The Labute approximate surface area is 163 Å². The Morgan fingerprint density at radius 1 is 1.15 bits per heavy atom. The highest BCUT2D eigenvalue weighted by Gasteiger charge is 2.18. The van der Waals surface area contributed by atoms with Crippen LogP contribution in [0.15, 0.2) is 63.7 Å². The zero-order valence-electron chi connectivity index (χ0n) is 14.2. The monoisotopic (exact) mass is 423 g/mol. The van der Waals surface area contributed by atoms with E-state index in [-0.39, 0.29) is 17.4 Å². The van der Waals surface area contributed by atoms with Crippen LogP contribution in [0.25, 0.3) is 22.4 Å². The number of hydrogen-bond donors (Lipinski definition) is 2. The van der Waals surface area contributed by atoms with Crippen molar-refractivity contribution in [2.75, 3.05) is 5.32 Å². The molecule has 2 aromatic carbocycles. The second-order valence-corrected chi connectivity index (χ2v) is 6.91. The fourth-order valence-corrected chi connectivity index (χ4v) is 3.15. The number of nitrogens with one attached hydrogen (secondary N) is 1. The van der Waals surface area contributed by atoms with E-state index in [1.807, 2.05) is 25.1 Å². The summed E-state index contributed by atoms with van der Waals surface area (Å²) in [5.74, 6) is 0.475. The number of carbonyl (C=O) groups is 1. The number of aromatic nitrogens is 2. The Kier molecular flexibility index (Phi) is 4.37. The lowest BCUT2D eigenvalue weighted by Crippen LogP contribution is -2.12. The standard InChI is InChI=1S/C20H14BrN3O3/c1-11-16-8-13(21)5-6-17(16)27-18(11)20(26)24-14-9-22-19(23-10-14)12-3-2-4-15(25)7-12/h2-10,25H,1H3,(H,24,26). The molecule has 1 amide bonds. The molecule has 0 bridgehead atoms. The van der Waals surface area contributed by atoms with Gasteiger partial charge in [0.05, 0.1) is 18.1 Å². The minimum atomic E-state index is -0.367. The van der Waals surface area contributed by atoms with E-state index in [4.69, 9.17) is 4.42 Å². The lowest BCUT2D eigenvalue weighted by molar-refractivity contribution is 0.0998. The predicted molar refractivity (Wildman–Crippen MR) is 106 cm³/mol. The van der Waals surface area contributed by atoms with Crippen molar-refractivity contribution in [3.63, 3.8) is 0 Å². The Bertz CT molecular complexity index is 1150. The Hall–Kier alpha value is -3.19. The van der Waals surface area contributed by atoms with E-state index in [0.717, 1.165) is 15.4 Å². The van der Waals surface area contributed by atoms with Crippen LogP contribution in [0.4, 0.5) is 5.69 Å². The molecule has 0 atom stereocenters. The molecular weight excluding hydrogens is 410 g/mol. The van der Waals surface area contributed by atoms with E-state index in [9.17, 15) is 9.90 Å². The molecule has 0 aliphatic rings. The van der Waals surface area contributed by atoms with Crippen molar-refractivity contribution in [2.45, 2.75) is 6.92 Å². The van der Waals surface area contributed by atoms with Gasteiger partial charge in [-0.15, -0.1) is 0 Å². The number of rotatable bonds is 3. The largest absolute Gasteiger partial charge is 0.508 e. The van der Waals surface area contributed by atoms with Gasteiger partial charge in [0.25, 0.3) is 5.91 Å². The molecular formula is C20H14BrN3O3. The van der Waals surface area contributed by atoms with E-state index in [1.165, 1.54) is 12.4 Å². The maximum atomic E-state index is 12.6. The van der Waals surface area contributed by atoms with Crippen LogP contribution in [0.2, 0.25) is 0 Å². The molecule has 6 nitrogen and oxygen atoms in total. The Balaban J connectivity index is 1.57. The number of benzene rings is 2. The van der Waals surface area contributed by atoms with Crippen LogP contribution in [0.3, 0.4) is 0 Å². The topological polar surface area (TPSA) is 88.2 Å².